The van der Waals surface area contributed by atoms with Gasteiger partial charge in [-0.3, -0.25) is 0 Å². The largest absolute Gasteiger partial charge is 0.368 e. The Kier molecular flexibility index (Phi) is 3.50. The lowest BCUT2D eigenvalue weighted by Crippen LogP contribution is -2.36. The molecule has 1 aromatic rings. The number of nitrogens with two attached hydrogens (primary N) is 1. The molecule has 17 heavy (non-hydrogen) atoms. The van der Waals surface area contributed by atoms with Gasteiger partial charge < -0.3 is 10.6 Å². The Morgan fingerprint density at radius 2 is 2.12 bits per heavy atom. The molecule has 2 unspecified atom stereocenters. The van der Waals surface area contributed by atoms with Crippen LogP contribution in [0, 0.1) is 12.8 Å². The molecule has 94 valence electrons. The first kappa shape index (κ1) is 12.1. The van der Waals surface area contributed by atoms with Crippen LogP contribution in [0.3, 0.4) is 0 Å². The molecule has 2 atom stereocenters. The van der Waals surface area contributed by atoms with Crippen molar-refractivity contribution in [1.29, 1.82) is 0 Å². The average molecular weight is 234 g/mol. The van der Waals surface area contributed by atoms with Crippen LogP contribution >= 0.6 is 0 Å². The minimum Gasteiger partial charge on any atom is -0.368 e. The van der Waals surface area contributed by atoms with Crippen LogP contribution in [-0.2, 0) is 0 Å². The first-order valence-electron chi connectivity index (χ1n) is 6.40. The minimum atomic E-state index is 0.371. The van der Waals surface area contributed by atoms with Crippen molar-refractivity contribution in [2.75, 3.05) is 17.7 Å². The van der Waals surface area contributed by atoms with E-state index in [2.05, 4.69) is 28.8 Å². The van der Waals surface area contributed by atoms with Crippen molar-refractivity contribution in [2.45, 2.75) is 45.6 Å². The van der Waals surface area contributed by atoms with Gasteiger partial charge in [0, 0.05) is 24.8 Å². The predicted molar refractivity (Wildman–Crippen MR) is 71.0 cm³/mol. The maximum Gasteiger partial charge on any atom is 0.222 e. The van der Waals surface area contributed by atoms with Crippen molar-refractivity contribution in [2.24, 2.45) is 5.92 Å². The highest BCUT2D eigenvalue weighted by atomic mass is 15.2. The number of nitrogen functional groups attached to an aromatic ring is 1. The van der Waals surface area contributed by atoms with E-state index in [1.807, 2.05) is 13.0 Å². The molecule has 0 amide bonds. The molecule has 1 aliphatic rings. The van der Waals surface area contributed by atoms with Crippen LogP contribution in [0.1, 0.15) is 38.3 Å². The van der Waals surface area contributed by atoms with Crippen molar-refractivity contribution in [3.8, 4) is 0 Å². The summed E-state index contributed by atoms with van der Waals surface area (Å²) in [6.07, 6.45) is 5.17. The zero-order chi connectivity index (χ0) is 12.4. The number of aromatic nitrogens is 2. The van der Waals surface area contributed by atoms with Gasteiger partial charge in [0.25, 0.3) is 0 Å². The smallest absolute Gasteiger partial charge is 0.222 e. The summed E-state index contributed by atoms with van der Waals surface area (Å²) >= 11 is 0. The molecule has 0 bridgehead atoms. The van der Waals surface area contributed by atoms with Gasteiger partial charge in [0.2, 0.25) is 5.95 Å². The second kappa shape index (κ2) is 4.90. The van der Waals surface area contributed by atoms with E-state index in [1.54, 1.807) is 0 Å². The van der Waals surface area contributed by atoms with Crippen LogP contribution in [0.25, 0.3) is 0 Å². The Hall–Kier alpha value is -1.32. The van der Waals surface area contributed by atoms with Crippen LogP contribution in [0.2, 0.25) is 0 Å². The molecule has 2 N–H and O–H groups in total. The number of rotatable bonds is 2. The fourth-order valence-electron chi connectivity index (χ4n) is 2.70. The van der Waals surface area contributed by atoms with E-state index in [0.717, 1.165) is 17.4 Å². The van der Waals surface area contributed by atoms with Crippen LogP contribution in [-0.4, -0.2) is 23.1 Å². The molecule has 1 fully saturated rings. The molecule has 0 spiro atoms. The van der Waals surface area contributed by atoms with Gasteiger partial charge in [0.15, 0.2) is 0 Å². The summed E-state index contributed by atoms with van der Waals surface area (Å²) in [7, 11) is 2.12. The fraction of sp³-hybridized carbons (Fsp3) is 0.692. The van der Waals surface area contributed by atoms with E-state index in [1.165, 1.54) is 25.7 Å². The van der Waals surface area contributed by atoms with Gasteiger partial charge in [-0.25, -0.2) is 4.98 Å². The lowest BCUT2D eigenvalue weighted by atomic mass is 9.86. The monoisotopic (exact) mass is 234 g/mol. The Morgan fingerprint density at radius 1 is 1.35 bits per heavy atom. The van der Waals surface area contributed by atoms with Gasteiger partial charge in [-0.05, 0) is 25.7 Å². The van der Waals surface area contributed by atoms with E-state index in [0.29, 0.717) is 12.0 Å². The summed E-state index contributed by atoms with van der Waals surface area (Å²) in [6.45, 7) is 4.29. The normalized spacial score (nSPS) is 24.6. The first-order chi connectivity index (χ1) is 8.06. The summed E-state index contributed by atoms with van der Waals surface area (Å²) in [5.74, 6) is 2.14. The average Bonchev–Trinajstić information content (AvgIpc) is 2.26. The highest BCUT2D eigenvalue weighted by Crippen LogP contribution is 2.29. The zero-order valence-corrected chi connectivity index (χ0v) is 11.0. The maximum atomic E-state index is 5.71. The molecule has 0 aliphatic heterocycles. The third-order valence-electron chi connectivity index (χ3n) is 3.68. The minimum absolute atomic E-state index is 0.371. The second-order valence-electron chi connectivity index (χ2n) is 5.26. The van der Waals surface area contributed by atoms with Crippen molar-refractivity contribution in [3.63, 3.8) is 0 Å². The Balaban J connectivity index is 2.15. The second-order valence-corrected chi connectivity index (χ2v) is 5.26. The summed E-state index contributed by atoms with van der Waals surface area (Å²) in [4.78, 5) is 10.7. The molecule has 0 aromatic carbocycles. The quantitative estimate of drug-likeness (QED) is 0.853. The molecular weight excluding hydrogens is 212 g/mol. The summed E-state index contributed by atoms with van der Waals surface area (Å²) in [6, 6.07) is 2.60. The van der Waals surface area contributed by atoms with E-state index in [9.17, 15) is 0 Å². The van der Waals surface area contributed by atoms with Crippen LogP contribution in [0.4, 0.5) is 11.8 Å². The molecule has 1 aromatic heterocycles. The van der Waals surface area contributed by atoms with Crippen molar-refractivity contribution in [3.05, 3.63) is 11.8 Å². The maximum absolute atomic E-state index is 5.71. The van der Waals surface area contributed by atoms with Crippen LogP contribution in [0.5, 0.6) is 0 Å². The Bertz CT molecular complexity index is 371. The SMILES string of the molecule is Cc1cc(N(C)C2CCCC(C)C2)nc(N)n1. The third kappa shape index (κ3) is 2.87. The van der Waals surface area contributed by atoms with Gasteiger partial charge in [0.05, 0.1) is 0 Å². The van der Waals surface area contributed by atoms with Crippen molar-refractivity contribution < 1.29 is 0 Å². The van der Waals surface area contributed by atoms with Gasteiger partial charge in [-0.2, -0.15) is 4.98 Å². The third-order valence-corrected chi connectivity index (χ3v) is 3.68. The summed E-state index contributed by atoms with van der Waals surface area (Å²) < 4.78 is 0. The standard InChI is InChI=1S/C13H22N4/c1-9-5-4-6-11(7-9)17(3)12-8-10(2)15-13(14)16-12/h8-9,11H,4-7H2,1-3H3,(H2,14,15,16). The van der Waals surface area contributed by atoms with Crippen molar-refractivity contribution >= 4 is 11.8 Å². The molecule has 0 radical (unpaired) electrons. The number of hydrogen-bond donors (Lipinski definition) is 1. The van der Waals surface area contributed by atoms with Crippen LogP contribution in [0.15, 0.2) is 6.07 Å². The van der Waals surface area contributed by atoms with Gasteiger partial charge in [-0.15, -0.1) is 0 Å². The Morgan fingerprint density at radius 3 is 2.76 bits per heavy atom. The highest BCUT2D eigenvalue weighted by Gasteiger charge is 2.23. The molecule has 1 saturated carbocycles. The van der Waals surface area contributed by atoms with E-state index < -0.39 is 0 Å². The van der Waals surface area contributed by atoms with Crippen LogP contribution < -0.4 is 10.6 Å². The highest BCUT2D eigenvalue weighted by molar-refractivity contribution is 5.43. The summed E-state index contributed by atoms with van der Waals surface area (Å²) in [5, 5.41) is 0. The number of nitrogens with zero attached hydrogens (tertiary/aromatic N) is 3. The Labute approximate surface area is 103 Å². The number of hydrogen-bond acceptors (Lipinski definition) is 4. The molecule has 4 nitrogen and oxygen atoms in total. The molecular formula is C13H22N4. The lowest BCUT2D eigenvalue weighted by Gasteiger charge is -2.34. The van der Waals surface area contributed by atoms with E-state index >= 15 is 0 Å². The number of anilines is 2. The zero-order valence-electron chi connectivity index (χ0n) is 11.0. The predicted octanol–water partition coefficient (Wildman–Crippen LogP) is 2.38. The number of aryl methyl sites for hydroxylation is 1. The molecule has 1 heterocycles. The van der Waals surface area contributed by atoms with E-state index in [4.69, 9.17) is 5.73 Å². The van der Waals surface area contributed by atoms with Gasteiger partial charge in [-0.1, -0.05) is 19.8 Å². The molecule has 2 rings (SSSR count). The lowest BCUT2D eigenvalue weighted by molar-refractivity contribution is 0.335. The van der Waals surface area contributed by atoms with Gasteiger partial charge in [0.1, 0.15) is 5.82 Å². The summed E-state index contributed by atoms with van der Waals surface area (Å²) in [5.41, 5.74) is 6.64. The van der Waals surface area contributed by atoms with Gasteiger partial charge >= 0.3 is 0 Å². The topological polar surface area (TPSA) is 55.0 Å². The first-order valence-corrected chi connectivity index (χ1v) is 6.40. The molecule has 1 aliphatic carbocycles. The molecule has 4 heteroatoms. The fourth-order valence-corrected chi connectivity index (χ4v) is 2.70. The van der Waals surface area contributed by atoms with Crippen molar-refractivity contribution in [1.82, 2.24) is 9.97 Å². The molecule has 0 saturated heterocycles. The van der Waals surface area contributed by atoms with E-state index in [-0.39, 0.29) is 0 Å².